The van der Waals surface area contributed by atoms with Crippen molar-refractivity contribution in [1.82, 2.24) is 9.88 Å². The number of thiazole rings is 1. The third kappa shape index (κ3) is 5.21. The zero-order valence-corrected chi connectivity index (χ0v) is 19.8. The normalized spacial score (nSPS) is 18.9. The second-order valence-electron chi connectivity index (χ2n) is 7.81. The number of hydrogen-bond donors (Lipinski definition) is 1. The predicted molar refractivity (Wildman–Crippen MR) is 123 cm³/mol. The van der Waals surface area contributed by atoms with Gasteiger partial charge in [0.15, 0.2) is 16.6 Å². The van der Waals surface area contributed by atoms with Crippen LogP contribution in [-0.4, -0.2) is 75.9 Å². The SMILES string of the molecule is COc1cc(N2CC(C(=O)Nc3nc(CN4CCOCC4)cs3)CC2=O)cc(OC)c1OC. The molecule has 1 atom stereocenters. The molecule has 0 spiro atoms. The Labute approximate surface area is 196 Å². The Morgan fingerprint density at radius 3 is 2.52 bits per heavy atom. The highest BCUT2D eigenvalue weighted by molar-refractivity contribution is 7.13. The predicted octanol–water partition coefficient (Wildman–Crippen LogP) is 1.99. The molecule has 0 bridgehead atoms. The van der Waals surface area contributed by atoms with Crippen LogP contribution in [0.15, 0.2) is 17.5 Å². The number of nitrogens with zero attached hydrogens (tertiary/aromatic N) is 3. The van der Waals surface area contributed by atoms with Crippen molar-refractivity contribution in [3.8, 4) is 17.2 Å². The van der Waals surface area contributed by atoms with Crippen LogP contribution in [0.3, 0.4) is 0 Å². The standard InChI is InChI=1S/C22H28N4O6S/c1-29-17-9-16(10-18(30-2)20(17)31-3)26-11-14(8-19(26)27)21(28)24-22-23-15(13-33-22)12-25-4-6-32-7-5-25/h9-10,13-14H,4-8,11-12H2,1-3H3,(H,23,24,28). The molecule has 1 N–H and O–H groups in total. The average Bonchev–Trinajstić information content (AvgIpc) is 3.44. The second kappa shape index (κ2) is 10.4. The Morgan fingerprint density at radius 1 is 1.18 bits per heavy atom. The van der Waals surface area contributed by atoms with Crippen molar-refractivity contribution in [1.29, 1.82) is 0 Å². The molecule has 33 heavy (non-hydrogen) atoms. The highest BCUT2D eigenvalue weighted by atomic mass is 32.1. The average molecular weight is 477 g/mol. The molecule has 2 aliphatic heterocycles. The number of benzene rings is 1. The first-order chi connectivity index (χ1) is 16.0. The van der Waals surface area contributed by atoms with Crippen LogP contribution >= 0.6 is 11.3 Å². The number of carbonyl (C=O) groups excluding carboxylic acids is 2. The first-order valence-corrected chi connectivity index (χ1v) is 11.6. The molecule has 10 nitrogen and oxygen atoms in total. The maximum atomic E-state index is 12.9. The van der Waals surface area contributed by atoms with Gasteiger partial charge in [0.25, 0.3) is 0 Å². The zero-order valence-electron chi connectivity index (χ0n) is 19.0. The van der Waals surface area contributed by atoms with Crippen LogP contribution in [0.2, 0.25) is 0 Å². The summed E-state index contributed by atoms with van der Waals surface area (Å²) in [5.41, 5.74) is 1.51. The van der Waals surface area contributed by atoms with Crippen LogP contribution in [-0.2, 0) is 20.9 Å². The fraction of sp³-hybridized carbons (Fsp3) is 0.500. The molecule has 2 aromatic rings. The number of rotatable bonds is 8. The molecular weight excluding hydrogens is 448 g/mol. The number of nitrogens with one attached hydrogen (secondary N) is 1. The van der Waals surface area contributed by atoms with Gasteiger partial charge in [0.1, 0.15) is 0 Å². The van der Waals surface area contributed by atoms with Crippen molar-refractivity contribution in [2.45, 2.75) is 13.0 Å². The smallest absolute Gasteiger partial charge is 0.231 e. The van der Waals surface area contributed by atoms with Crippen LogP contribution in [0.4, 0.5) is 10.8 Å². The van der Waals surface area contributed by atoms with Crippen molar-refractivity contribution in [3.63, 3.8) is 0 Å². The van der Waals surface area contributed by atoms with E-state index in [4.69, 9.17) is 18.9 Å². The summed E-state index contributed by atoms with van der Waals surface area (Å²) in [6, 6.07) is 3.41. The molecule has 1 unspecified atom stereocenters. The van der Waals surface area contributed by atoms with Gasteiger partial charge in [-0.05, 0) is 0 Å². The molecule has 4 rings (SSSR count). The highest BCUT2D eigenvalue weighted by Gasteiger charge is 2.36. The number of ether oxygens (including phenoxy) is 4. The van der Waals surface area contributed by atoms with E-state index >= 15 is 0 Å². The molecule has 3 heterocycles. The third-order valence-corrected chi connectivity index (χ3v) is 6.53. The molecule has 2 fully saturated rings. The number of methoxy groups -OCH3 is 3. The van der Waals surface area contributed by atoms with Crippen molar-refractivity contribution < 1.29 is 28.5 Å². The Balaban J connectivity index is 1.40. The maximum Gasteiger partial charge on any atom is 0.231 e. The summed E-state index contributed by atoms with van der Waals surface area (Å²) in [5, 5.41) is 5.37. The fourth-order valence-electron chi connectivity index (χ4n) is 3.99. The molecule has 178 valence electrons. The van der Waals surface area contributed by atoms with Gasteiger partial charge in [-0.1, -0.05) is 0 Å². The van der Waals surface area contributed by atoms with E-state index < -0.39 is 5.92 Å². The Hall–Kier alpha value is -2.89. The summed E-state index contributed by atoms with van der Waals surface area (Å²) >= 11 is 1.39. The van der Waals surface area contributed by atoms with Gasteiger partial charge in [-0.2, -0.15) is 0 Å². The van der Waals surface area contributed by atoms with Gasteiger partial charge in [-0.25, -0.2) is 4.98 Å². The summed E-state index contributed by atoms with van der Waals surface area (Å²) < 4.78 is 21.5. The summed E-state index contributed by atoms with van der Waals surface area (Å²) in [5.74, 6) is 0.498. The van der Waals surface area contributed by atoms with Gasteiger partial charge in [0.05, 0.1) is 51.8 Å². The lowest BCUT2D eigenvalue weighted by Crippen LogP contribution is -2.35. The lowest BCUT2D eigenvalue weighted by Gasteiger charge is -2.25. The monoisotopic (exact) mass is 476 g/mol. The van der Waals surface area contributed by atoms with E-state index in [0.29, 0.717) is 28.1 Å². The minimum atomic E-state index is -0.483. The number of anilines is 2. The third-order valence-electron chi connectivity index (χ3n) is 5.73. The van der Waals surface area contributed by atoms with Gasteiger partial charge in [-0.15, -0.1) is 11.3 Å². The van der Waals surface area contributed by atoms with Crippen molar-refractivity contribution in [2.24, 2.45) is 5.92 Å². The quantitative estimate of drug-likeness (QED) is 0.617. The minimum absolute atomic E-state index is 0.120. The van der Waals surface area contributed by atoms with Gasteiger partial charge in [-0.3, -0.25) is 14.5 Å². The van der Waals surface area contributed by atoms with Crippen LogP contribution in [0.5, 0.6) is 17.2 Å². The van der Waals surface area contributed by atoms with Crippen LogP contribution in [0.1, 0.15) is 12.1 Å². The van der Waals surface area contributed by atoms with Gasteiger partial charge in [0, 0.05) is 50.1 Å². The van der Waals surface area contributed by atoms with E-state index in [-0.39, 0.29) is 24.8 Å². The molecule has 0 aliphatic carbocycles. The van der Waals surface area contributed by atoms with E-state index in [1.165, 1.54) is 32.7 Å². The first-order valence-electron chi connectivity index (χ1n) is 10.7. The second-order valence-corrected chi connectivity index (χ2v) is 8.67. The van der Waals surface area contributed by atoms with Crippen LogP contribution in [0, 0.1) is 5.92 Å². The summed E-state index contributed by atoms with van der Waals surface area (Å²) in [6.07, 6.45) is 0.120. The highest BCUT2D eigenvalue weighted by Crippen LogP contribution is 2.42. The Bertz CT molecular complexity index is 982. The number of carbonyl (C=O) groups is 2. The summed E-state index contributed by atoms with van der Waals surface area (Å²) in [4.78, 5) is 34.0. The summed E-state index contributed by atoms with van der Waals surface area (Å²) in [6.45, 7) is 4.19. The Morgan fingerprint density at radius 2 is 1.88 bits per heavy atom. The first kappa shape index (κ1) is 23.3. The molecule has 2 saturated heterocycles. The molecular formula is C22H28N4O6S. The Kier molecular flexibility index (Phi) is 7.31. The lowest BCUT2D eigenvalue weighted by atomic mass is 10.1. The summed E-state index contributed by atoms with van der Waals surface area (Å²) in [7, 11) is 4.56. The van der Waals surface area contributed by atoms with E-state index in [9.17, 15) is 9.59 Å². The largest absolute Gasteiger partial charge is 0.493 e. The maximum absolute atomic E-state index is 12.9. The minimum Gasteiger partial charge on any atom is -0.493 e. The molecule has 2 aliphatic rings. The number of hydrogen-bond acceptors (Lipinski definition) is 9. The van der Waals surface area contributed by atoms with Gasteiger partial charge < -0.3 is 29.2 Å². The molecule has 0 saturated carbocycles. The van der Waals surface area contributed by atoms with Crippen molar-refractivity contribution in [3.05, 3.63) is 23.2 Å². The molecule has 0 radical (unpaired) electrons. The van der Waals surface area contributed by atoms with Crippen molar-refractivity contribution in [2.75, 3.05) is 64.4 Å². The van der Waals surface area contributed by atoms with Crippen LogP contribution in [0.25, 0.3) is 0 Å². The van der Waals surface area contributed by atoms with Crippen molar-refractivity contribution >= 4 is 34.0 Å². The van der Waals surface area contributed by atoms with E-state index in [2.05, 4.69) is 15.2 Å². The zero-order chi connectivity index (χ0) is 23.4. The molecule has 11 heteroatoms. The van der Waals surface area contributed by atoms with E-state index in [1.807, 2.05) is 5.38 Å². The number of amides is 2. The number of morpholine rings is 1. The molecule has 1 aromatic carbocycles. The molecule has 2 amide bonds. The fourth-order valence-corrected chi connectivity index (χ4v) is 4.69. The van der Waals surface area contributed by atoms with Crippen LogP contribution < -0.4 is 24.4 Å². The van der Waals surface area contributed by atoms with Gasteiger partial charge >= 0.3 is 0 Å². The van der Waals surface area contributed by atoms with E-state index in [1.54, 1.807) is 17.0 Å². The van der Waals surface area contributed by atoms with Gasteiger partial charge in [0.2, 0.25) is 17.6 Å². The topological polar surface area (TPSA) is 102 Å². The van der Waals surface area contributed by atoms with E-state index in [0.717, 1.165) is 38.5 Å². The lowest BCUT2D eigenvalue weighted by molar-refractivity contribution is -0.122. The number of aromatic nitrogens is 1. The molecule has 1 aromatic heterocycles.